The van der Waals surface area contributed by atoms with Gasteiger partial charge in [-0.25, -0.2) is 0 Å². The van der Waals surface area contributed by atoms with Crippen molar-refractivity contribution in [3.63, 3.8) is 0 Å². The van der Waals surface area contributed by atoms with Gasteiger partial charge in [0.15, 0.2) is 5.96 Å². The molecule has 7 nitrogen and oxygen atoms in total. The normalized spacial score (nSPS) is 16.3. The van der Waals surface area contributed by atoms with E-state index in [9.17, 15) is 9.59 Å². The monoisotopic (exact) mass is 543 g/mol. The van der Waals surface area contributed by atoms with Crippen LogP contribution in [0.3, 0.4) is 0 Å². The van der Waals surface area contributed by atoms with Gasteiger partial charge in [0.1, 0.15) is 0 Å². The highest BCUT2D eigenvalue weighted by Gasteiger charge is 2.22. The molecule has 174 valence electrons. The fraction of sp³-hybridized carbons (Fsp3) is 0.609. The molecule has 1 unspecified atom stereocenters. The number of likely N-dealkylation sites (tertiary alicyclic amines) is 1. The number of nitrogens with zero attached hydrogens (tertiary/aromatic N) is 3. The molecule has 1 aromatic rings. The Hall–Kier alpha value is -1.84. The van der Waals surface area contributed by atoms with Crippen molar-refractivity contribution in [3.05, 3.63) is 35.4 Å². The Morgan fingerprint density at radius 2 is 2.00 bits per heavy atom. The van der Waals surface area contributed by atoms with Gasteiger partial charge in [0.2, 0.25) is 5.91 Å². The highest BCUT2D eigenvalue weighted by molar-refractivity contribution is 14.0. The number of guanidine groups is 1. The molecule has 1 fully saturated rings. The summed E-state index contributed by atoms with van der Waals surface area (Å²) < 4.78 is 0. The quantitative estimate of drug-likeness (QED) is 0.301. The fourth-order valence-electron chi connectivity index (χ4n) is 3.66. The van der Waals surface area contributed by atoms with E-state index in [4.69, 9.17) is 0 Å². The van der Waals surface area contributed by atoms with Crippen molar-refractivity contribution in [2.24, 2.45) is 4.99 Å². The van der Waals surface area contributed by atoms with Gasteiger partial charge >= 0.3 is 0 Å². The Kier molecular flexibility index (Phi) is 12.5. The topological polar surface area (TPSA) is 77.0 Å². The summed E-state index contributed by atoms with van der Waals surface area (Å²) >= 11 is 0. The van der Waals surface area contributed by atoms with Crippen LogP contribution < -0.4 is 10.6 Å². The van der Waals surface area contributed by atoms with Crippen molar-refractivity contribution in [1.82, 2.24) is 20.4 Å². The number of nitrogens with one attached hydrogen (secondary N) is 2. The number of amides is 2. The Morgan fingerprint density at radius 3 is 2.68 bits per heavy atom. The maximum Gasteiger partial charge on any atom is 0.253 e. The van der Waals surface area contributed by atoms with Crippen LogP contribution in [0, 0.1) is 0 Å². The predicted molar refractivity (Wildman–Crippen MR) is 137 cm³/mol. The van der Waals surface area contributed by atoms with Gasteiger partial charge < -0.3 is 20.4 Å². The molecule has 1 aliphatic rings. The third-order valence-electron chi connectivity index (χ3n) is 5.35. The molecule has 31 heavy (non-hydrogen) atoms. The van der Waals surface area contributed by atoms with E-state index in [1.807, 2.05) is 36.1 Å². The number of carbonyl (C=O) groups excluding carboxylic acids is 2. The first kappa shape index (κ1) is 27.2. The Balaban J connectivity index is 0.00000480. The number of halogens is 1. The second-order valence-corrected chi connectivity index (χ2v) is 8.02. The summed E-state index contributed by atoms with van der Waals surface area (Å²) in [6, 6.07) is 8.06. The van der Waals surface area contributed by atoms with Gasteiger partial charge in [-0.3, -0.25) is 14.6 Å². The van der Waals surface area contributed by atoms with E-state index in [0.29, 0.717) is 31.1 Å². The van der Waals surface area contributed by atoms with E-state index in [2.05, 4.69) is 22.5 Å². The zero-order valence-corrected chi connectivity index (χ0v) is 21.6. The van der Waals surface area contributed by atoms with Crippen molar-refractivity contribution in [1.29, 1.82) is 0 Å². The molecule has 0 aliphatic carbocycles. The molecule has 1 atom stereocenters. The average molecular weight is 543 g/mol. The summed E-state index contributed by atoms with van der Waals surface area (Å²) in [5, 5.41) is 6.55. The molecule has 2 N–H and O–H groups in total. The first-order valence-corrected chi connectivity index (χ1v) is 11.0. The van der Waals surface area contributed by atoms with Crippen LogP contribution in [-0.2, 0) is 11.2 Å². The molecule has 1 aromatic carbocycles. The second kappa shape index (κ2) is 14.3. The largest absolute Gasteiger partial charge is 0.357 e. The number of piperidine rings is 1. The van der Waals surface area contributed by atoms with Crippen molar-refractivity contribution in [3.8, 4) is 0 Å². The van der Waals surface area contributed by atoms with Crippen LogP contribution in [0.1, 0.15) is 55.5 Å². The molecule has 8 heteroatoms. The molecule has 0 radical (unpaired) electrons. The molecular formula is C23H38IN5O2. The number of carbonyl (C=O) groups is 2. The Morgan fingerprint density at radius 1 is 1.23 bits per heavy atom. The summed E-state index contributed by atoms with van der Waals surface area (Å²) in [5.74, 6) is 0.925. The van der Waals surface area contributed by atoms with Crippen LogP contribution >= 0.6 is 24.0 Å². The lowest BCUT2D eigenvalue weighted by molar-refractivity contribution is -0.134. The third kappa shape index (κ3) is 9.04. The standard InChI is InChI=1S/C23H37N5O2.HI/c1-5-24-23(26-15-13-21(29)28-16-7-6-9-18(28)2)25-14-12-19-10-8-11-20(17-19)22(30)27(3)4;/h8,10-11,17-18H,5-7,9,12-16H2,1-4H3,(H2,24,25,26);1H. The summed E-state index contributed by atoms with van der Waals surface area (Å²) in [5.41, 5.74) is 1.80. The van der Waals surface area contributed by atoms with Crippen LogP contribution in [0.4, 0.5) is 0 Å². The molecule has 0 bridgehead atoms. The number of aliphatic imine (C=N–C) groups is 1. The van der Waals surface area contributed by atoms with E-state index >= 15 is 0 Å². The van der Waals surface area contributed by atoms with Crippen LogP contribution in [0.5, 0.6) is 0 Å². The van der Waals surface area contributed by atoms with E-state index < -0.39 is 0 Å². The smallest absolute Gasteiger partial charge is 0.253 e. The van der Waals surface area contributed by atoms with Crippen molar-refractivity contribution in [2.45, 2.75) is 52.0 Å². The summed E-state index contributed by atoms with van der Waals surface area (Å²) in [6.45, 7) is 6.96. The van der Waals surface area contributed by atoms with E-state index in [-0.39, 0.29) is 35.8 Å². The van der Waals surface area contributed by atoms with Gasteiger partial charge in [-0.1, -0.05) is 12.1 Å². The third-order valence-corrected chi connectivity index (χ3v) is 5.35. The first-order valence-electron chi connectivity index (χ1n) is 11.0. The summed E-state index contributed by atoms with van der Waals surface area (Å²) in [4.78, 5) is 32.7. The zero-order chi connectivity index (χ0) is 21.9. The Labute approximate surface area is 204 Å². The number of rotatable bonds is 8. The molecular weight excluding hydrogens is 505 g/mol. The SMILES string of the molecule is CCNC(=NCCC(=O)N1CCCCC1C)NCCc1cccc(C(=O)N(C)C)c1.I. The molecule has 0 aromatic heterocycles. The highest BCUT2D eigenvalue weighted by Crippen LogP contribution is 2.17. The maximum atomic E-state index is 12.5. The van der Waals surface area contributed by atoms with Gasteiger partial charge in [0.25, 0.3) is 5.91 Å². The summed E-state index contributed by atoms with van der Waals surface area (Å²) in [7, 11) is 3.51. The van der Waals surface area contributed by atoms with Crippen LogP contribution in [-0.4, -0.2) is 73.9 Å². The lowest BCUT2D eigenvalue weighted by Gasteiger charge is -2.33. The minimum absolute atomic E-state index is 0. The number of hydrogen-bond acceptors (Lipinski definition) is 3. The van der Waals surface area contributed by atoms with Gasteiger partial charge in [-0.2, -0.15) is 0 Å². The van der Waals surface area contributed by atoms with E-state index in [0.717, 1.165) is 43.9 Å². The van der Waals surface area contributed by atoms with Crippen molar-refractivity contribution in [2.75, 3.05) is 40.3 Å². The molecule has 1 saturated heterocycles. The van der Waals surface area contributed by atoms with E-state index in [1.54, 1.807) is 19.0 Å². The van der Waals surface area contributed by atoms with Crippen molar-refractivity contribution < 1.29 is 9.59 Å². The maximum absolute atomic E-state index is 12.5. The van der Waals surface area contributed by atoms with Crippen LogP contribution in [0.15, 0.2) is 29.3 Å². The average Bonchev–Trinajstić information content (AvgIpc) is 2.73. The number of hydrogen-bond donors (Lipinski definition) is 2. The molecule has 0 saturated carbocycles. The molecule has 1 aliphatic heterocycles. The lowest BCUT2D eigenvalue weighted by atomic mass is 10.0. The zero-order valence-electron chi connectivity index (χ0n) is 19.3. The Bertz CT molecular complexity index is 738. The summed E-state index contributed by atoms with van der Waals surface area (Å²) in [6.07, 6.45) is 4.63. The molecule has 2 amide bonds. The minimum atomic E-state index is 0. The first-order chi connectivity index (χ1) is 14.4. The van der Waals surface area contributed by atoms with Gasteiger partial charge in [0.05, 0.1) is 6.54 Å². The fourth-order valence-corrected chi connectivity index (χ4v) is 3.66. The molecule has 2 rings (SSSR count). The second-order valence-electron chi connectivity index (χ2n) is 8.02. The minimum Gasteiger partial charge on any atom is -0.357 e. The molecule has 0 spiro atoms. The van der Waals surface area contributed by atoms with E-state index in [1.165, 1.54) is 6.42 Å². The van der Waals surface area contributed by atoms with Crippen LogP contribution in [0.25, 0.3) is 0 Å². The van der Waals surface area contributed by atoms with Gasteiger partial charge in [0, 0.05) is 51.8 Å². The predicted octanol–water partition coefficient (Wildman–Crippen LogP) is 2.90. The lowest BCUT2D eigenvalue weighted by Crippen LogP contribution is -2.42. The highest BCUT2D eigenvalue weighted by atomic mass is 127. The van der Waals surface area contributed by atoms with Gasteiger partial charge in [-0.05, 0) is 57.2 Å². The van der Waals surface area contributed by atoms with Crippen molar-refractivity contribution >= 4 is 41.8 Å². The number of benzene rings is 1. The van der Waals surface area contributed by atoms with Gasteiger partial charge in [-0.15, -0.1) is 24.0 Å². The molecule has 1 heterocycles. The van der Waals surface area contributed by atoms with Crippen LogP contribution in [0.2, 0.25) is 0 Å².